The van der Waals surface area contributed by atoms with Gasteiger partial charge in [-0.25, -0.2) is 0 Å². The van der Waals surface area contributed by atoms with Crippen LogP contribution in [0, 0.1) is 0 Å². The van der Waals surface area contributed by atoms with E-state index in [-0.39, 0.29) is 0 Å². The number of hydrogen-bond donors (Lipinski definition) is 0. The Morgan fingerprint density at radius 3 is 1.15 bits per heavy atom. The van der Waals surface area contributed by atoms with Crippen LogP contribution in [0.25, 0.3) is 79.3 Å². The van der Waals surface area contributed by atoms with Crippen molar-refractivity contribution in [3.8, 4) is 57.3 Å². The van der Waals surface area contributed by atoms with E-state index in [1.807, 2.05) is 109 Å². The number of fused-ring (bicyclic) bond motifs is 2. The highest BCUT2D eigenvalue weighted by Gasteiger charge is 2.16. The van der Waals surface area contributed by atoms with Crippen LogP contribution in [-0.4, -0.2) is 20.4 Å². The van der Waals surface area contributed by atoms with Crippen LogP contribution in [0.4, 0.5) is 0 Å². The second-order valence-electron chi connectivity index (χ2n) is 9.28. The Kier molecular flexibility index (Phi) is 4.96. The Morgan fingerprint density at radius 2 is 0.725 bits per heavy atom. The molecule has 8 nitrogen and oxygen atoms in total. The van der Waals surface area contributed by atoms with E-state index in [1.54, 1.807) is 0 Å². The number of hydrogen-bond acceptors (Lipinski definition) is 8. The lowest BCUT2D eigenvalue weighted by Gasteiger charge is -2.03. The Labute approximate surface area is 226 Å². The summed E-state index contributed by atoms with van der Waals surface area (Å²) >= 11 is 0. The second-order valence-corrected chi connectivity index (χ2v) is 9.28. The molecule has 0 saturated carbocycles. The van der Waals surface area contributed by atoms with Crippen molar-refractivity contribution in [2.45, 2.75) is 0 Å². The summed E-state index contributed by atoms with van der Waals surface area (Å²) in [6.07, 6.45) is 0. The summed E-state index contributed by atoms with van der Waals surface area (Å²) < 4.78 is 23.5. The molecule has 0 aliphatic carbocycles. The monoisotopic (exact) mass is 522 g/mol. The number of nitrogens with zero attached hydrogens (tertiary/aromatic N) is 4. The molecule has 4 aromatic heterocycles. The van der Waals surface area contributed by atoms with E-state index < -0.39 is 0 Å². The van der Waals surface area contributed by atoms with Gasteiger partial charge in [0.2, 0.25) is 11.8 Å². The van der Waals surface area contributed by atoms with Crippen molar-refractivity contribution in [3.63, 3.8) is 0 Å². The normalized spacial score (nSPS) is 11.5. The van der Waals surface area contributed by atoms with Gasteiger partial charge in [0.15, 0.2) is 11.5 Å². The van der Waals surface area contributed by atoms with E-state index in [0.717, 1.165) is 44.2 Å². The number of aromatic nitrogens is 4. The Bertz CT molecular complexity index is 1890. The second kappa shape index (κ2) is 8.92. The van der Waals surface area contributed by atoms with Crippen molar-refractivity contribution in [3.05, 3.63) is 109 Å². The number of rotatable bonds is 5. The van der Waals surface area contributed by atoms with Crippen LogP contribution in [0.5, 0.6) is 0 Å². The SMILES string of the molecule is c1ccc2oc(-c3nnc(-c4ccc(-c5ccc(-c6nnc(-c7cc8ccccc8o7)o6)cc5)cc4)o3)cc2c1. The van der Waals surface area contributed by atoms with Gasteiger partial charge in [-0.2, -0.15) is 0 Å². The standard InChI is InChI=1S/C32H18N4O4/c1-3-7-25-23(5-1)17-27(37-25)31-35-33-29(39-31)21-13-9-19(10-14-21)20-11-15-22(16-12-20)30-34-36-32(40-30)28-18-24-6-2-4-8-26(24)38-28/h1-18H. The summed E-state index contributed by atoms with van der Waals surface area (Å²) in [5.41, 5.74) is 5.27. The van der Waals surface area contributed by atoms with Gasteiger partial charge in [0, 0.05) is 21.9 Å². The van der Waals surface area contributed by atoms with Gasteiger partial charge in [-0.3, -0.25) is 0 Å². The molecule has 4 aromatic carbocycles. The molecule has 0 saturated heterocycles. The molecule has 8 aromatic rings. The van der Waals surface area contributed by atoms with Crippen molar-refractivity contribution in [1.29, 1.82) is 0 Å². The van der Waals surface area contributed by atoms with E-state index in [0.29, 0.717) is 35.1 Å². The van der Waals surface area contributed by atoms with Crippen molar-refractivity contribution in [1.82, 2.24) is 20.4 Å². The molecule has 4 heterocycles. The zero-order chi connectivity index (χ0) is 26.5. The predicted octanol–water partition coefficient (Wildman–Crippen LogP) is 8.28. The zero-order valence-corrected chi connectivity index (χ0v) is 20.8. The van der Waals surface area contributed by atoms with Crippen molar-refractivity contribution in [2.24, 2.45) is 0 Å². The quantitative estimate of drug-likeness (QED) is 0.222. The maximum atomic E-state index is 5.90. The van der Waals surface area contributed by atoms with Crippen molar-refractivity contribution in [2.75, 3.05) is 0 Å². The fourth-order valence-corrected chi connectivity index (χ4v) is 4.66. The summed E-state index contributed by atoms with van der Waals surface area (Å²) in [7, 11) is 0. The summed E-state index contributed by atoms with van der Waals surface area (Å²) in [5, 5.41) is 18.7. The van der Waals surface area contributed by atoms with Gasteiger partial charge >= 0.3 is 0 Å². The van der Waals surface area contributed by atoms with E-state index in [2.05, 4.69) is 20.4 Å². The third-order valence-corrected chi connectivity index (χ3v) is 6.72. The van der Waals surface area contributed by atoms with Crippen LogP contribution in [0.3, 0.4) is 0 Å². The minimum Gasteiger partial charge on any atom is -0.451 e. The van der Waals surface area contributed by atoms with Crippen molar-refractivity contribution < 1.29 is 17.7 Å². The maximum absolute atomic E-state index is 5.90. The first-order valence-corrected chi connectivity index (χ1v) is 12.6. The van der Waals surface area contributed by atoms with Crippen LogP contribution >= 0.6 is 0 Å². The van der Waals surface area contributed by atoms with E-state index >= 15 is 0 Å². The Balaban J connectivity index is 1.00. The van der Waals surface area contributed by atoms with Gasteiger partial charge in [-0.05, 0) is 59.7 Å². The molecular formula is C32H18N4O4. The number of para-hydroxylation sites is 2. The molecule has 190 valence electrons. The molecule has 8 rings (SSSR count). The average Bonchev–Trinajstić information content (AvgIpc) is 3.82. The minimum absolute atomic E-state index is 0.343. The highest BCUT2D eigenvalue weighted by atomic mass is 16.4. The van der Waals surface area contributed by atoms with Crippen LogP contribution in [-0.2, 0) is 0 Å². The van der Waals surface area contributed by atoms with Gasteiger partial charge < -0.3 is 17.7 Å². The first-order valence-electron chi connectivity index (χ1n) is 12.6. The highest BCUT2D eigenvalue weighted by Crippen LogP contribution is 2.32. The Hall–Kier alpha value is -5.76. The topological polar surface area (TPSA) is 104 Å². The van der Waals surface area contributed by atoms with Crippen LogP contribution < -0.4 is 0 Å². The molecular weight excluding hydrogens is 504 g/mol. The van der Waals surface area contributed by atoms with Gasteiger partial charge in [0.25, 0.3) is 11.8 Å². The molecule has 0 bridgehead atoms. The van der Waals surface area contributed by atoms with E-state index in [4.69, 9.17) is 17.7 Å². The average molecular weight is 523 g/mol. The molecule has 0 radical (unpaired) electrons. The lowest BCUT2D eigenvalue weighted by Crippen LogP contribution is -1.82. The van der Waals surface area contributed by atoms with Gasteiger partial charge in [-0.15, -0.1) is 20.4 Å². The Morgan fingerprint density at radius 1 is 0.350 bits per heavy atom. The largest absolute Gasteiger partial charge is 0.451 e. The molecule has 0 N–H and O–H groups in total. The molecule has 0 amide bonds. The fourth-order valence-electron chi connectivity index (χ4n) is 4.66. The molecule has 0 unspecified atom stereocenters. The van der Waals surface area contributed by atoms with Crippen LogP contribution in [0.1, 0.15) is 0 Å². The predicted molar refractivity (Wildman–Crippen MR) is 149 cm³/mol. The number of benzene rings is 4. The summed E-state index contributed by atoms with van der Waals surface area (Å²) in [6.45, 7) is 0. The van der Waals surface area contributed by atoms with Crippen LogP contribution in [0.2, 0.25) is 0 Å². The molecule has 0 aliphatic heterocycles. The lowest BCUT2D eigenvalue weighted by atomic mass is 10.0. The molecule has 0 fully saturated rings. The van der Waals surface area contributed by atoms with Gasteiger partial charge in [0.05, 0.1) is 0 Å². The van der Waals surface area contributed by atoms with E-state index in [9.17, 15) is 0 Å². The third kappa shape index (κ3) is 3.86. The molecule has 0 spiro atoms. The molecule has 0 atom stereocenters. The fraction of sp³-hybridized carbons (Fsp3) is 0. The molecule has 0 aliphatic rings. The summed E-state index contributed by atoms with van der Waals surface area (Å²) in [6, 6.07) is 35.2. The first-order chi connectivity index (χ1) is 19.8. The van der Waals surface area contributed by atoms with Crippen LogP contribution in [0.15, 0.2) is 127 Å². The summed E-state index contributed by atoms with van der Waals surface area (Å²) in [4.78, 5) is 0. The van der Waals surface area contributed by atoms with Crippen molar-refractivity contribution >= 4 is 21.9 Å². The highest BCUT2D eigenvalue weighted by molar-refractivity contribution is 5.82. The minimum atomic E-state index is 0.343. The molecule has 8 heteroatoms. The zero-order valence-electron chi connectivity index (χ0n) is 20.8. The smallest absolute Gasteiger partial charge is 0.283 e. The summed E-state index contributed by atoms with van der Waals surface area (Å²) in [5.74, 6) is 2.62. The maximum Gasteiger partial charge on any atom is 0.283 e. The van der Waals surface area contributed by atoms with Gasteiger partial charge in [-0.1, -0.05) is 60.7 Å². The van der Waals surface area contributed by atoms with Gasteiger partial charge in [0.1, 0.15) is 11.2 Å². The lowest BCUT2D eigenvalue weighted by molar-refractivity contribution is 0.542. The number of furan rings is 2. The third-order valence-electron chi connectivity index (χ3n) is 6.72. The first kappa shape index (κ1) is 22.2. The van der Waals surface area contributed by atoms with E-state index in [1.165, 1.54) is 0 Å². The molecule has 40 heavy (non-hydrogen) atoms.